The second-order valence-electron chi connectivity index (χ2n) is 7.87. The average molecular weight is 390 g/mol. The van der Waals surface area contributed by atoms with Crippen LogP contribution in [0, 0.1) is 0 Å². The van der Waals surface area contributed by atoms with Crippen LogP contribution in [0.15, 0.2) is 29.4 Å². The van der Waals surface area contributed by atoms with Gasteiger partial charge in [0.15, 0.2) is 5.82 Å². The average Bonchev–Trinajstić information content (AvgIpc) is 3.37. The number of carbonyl (C=O) groups is 1. The molecule has 0 aliphatic heterocycles. The van der Waals surface area contributed by atoms with Crippen molar-refractivity contribution in [1.29, 1.82) is 0 Å². The van der Waals surface area contributed by atoms with Crippen LogP contribution >= 0.6 is 11.8 Å². The van der Waals surface area contributed by atoms with E-state index in [0.717, 1.165) is 18.6 Å². The van der Waals surface area contributed by atoms with E-state index in [-0.39, 0.29) is 23.2 Å². The van der Waals surface area contributed by atoms with Crippen molar-refractivity contribution < 1.29 is 9.53 Å². The van der Waals surface area contributed by atoms with E-state index < -0.39 is 0 Å². The second kappa shape index (κ2) is 7.80. The smallest absolute Gasteiger partial charge is 0.233 e. The predicted molar refractivity (Wildman–Crippen MR) is 106 cm³/mol. The Balaban J connectivity index is 1.56. The fourth-order valence-electron chi connectivity index (χ4n) is 2.44. The van der Waals surface area contributed by atoms with Gasteiger partial charge in [-0.05, 0) is 42.9 Å². The SMILES string of the molecule is C[C@@H](Sc1nnc(COc2ccc(C(C)(C)C)cc2)n1N)C(=O)NC1CC1. The number of hydrogen-bond donors (Lipinski definition) is 2. The zero-order valence-electron chi connectivity index (χ0n) is 16.2. The maximum absolute atomic E-state index is 12.1. The normalized spacial score (nSPS) is 15.4. The summed E-state index contributed by atoms with van der Waals surface area (Å²) in [5.74, 6) is 7.33. The van der Waals surface area contributed by atoms with Crippen molar-refractivity contribution in [2.75, 3.05) is 5.84 Å². The van der Waals surface area contributed by atoms with Crippen molar-refractivity contribution in [2.24, 2.45) is 0 Å². The molecule has 2 aromatic rings. The number of aromatic nitrogens is 3. The maximum Gasteiger partial charge on any atom is 0.233 e. The van der Waals surface area contributed by atoms with Crippen LogP contribution < -0.4 is 15.9 Å². The van der Waals surface area contributed by atoms with Crippen molar-refractivity contribution in [3.63, 3.8) is 0 Å². The summed E-state index contributed by atoms with van der Waals surface area (Å²) in [6, 6.07) is 8.34. The van der Waals surface area contributed by atoms with Crippen LogP contribution in [0.4, 0.5) is 0 Å². The third kappa shape index (κ3) is 5.15. The Morgan fingerprint density at radius 2 is 2.00 bits per heavy atom. The molecule has 1 atom stereocenters. The minimum atomic E-state index is -0.282. The van der Waals surface area contributed by atoms with E-state index in [1.165, 1.54) is 22.0 Å². The van der Waals surface area contributed by atoms with E-state index in [2.05, 4.69) is 48.4 Å². The van der Waals surface area contributed by atoms with Gasteiger partial charge < -0.3 is 15.9 Å². The molecule has 27 heavy (non-hydrogen) atoms. The molecule has 1 heterocycles. The van der Waals surface area contributed by atoms with Gasteiger partial charge in [0.1, 0.15) is 12.4 Å². The molecule has 3 rings (SSSR count). The lowest BCUT2D eigenvalue weighted by Gasteiger charge is -2.19. The number of nitrogens with two attached hydrogens (primary N) is 1. The van der Waals surface area contributed by atoms with Gasteiger partial charge >= 0.3 is 0 Å². The monoisotopic (exact) mass is 389 g/mol. The molecule has 1 amide bonds. The lowest BCUT2D eigenvalue weighted by Crippen LogP contribution is -2.32. The molecule has 0 bridgehead atoms. The zero-order valence-corrected chi connectivity index (χ0v) is 17.0. The van der Waals surface area contributed by atoms with Crippen LogP contribution in [0.3, 0.4) is 0 Å². The summed E-state index contributed by atoms with van der Waals surface area (Å²) in [5, 5.41) is 11.4. The third-order valence-corrected chi connectivity index (χ3v) is 5.46. The third-order valence-electron chi connectivity index (χ3n) is 4.40. The van der Waals surface area contributed by atoms with Crippen molar-refractivity contribution in [2.45, 2.75) is 69.0 Å². The highest BCUT2D eigenvalue weighted by Gasteiger charge is 2.27. The molecule has 0 saturated heterocycles. The predicted octanol–water partition coefficient (Wildman–Crippen LogP) is 2.63. The highest BCUT2D eigenvalue weighted by molar-refractivity contribution is 8.00. The number of nitrogen functional groups attached to an aromatic ring is 1. The first-order chi connectivity index (χ1) is 12.7. The standard InChI is InChI=1S/C19H27N5O2S/c1-12(17(25)21-14-7-8-14)27-18-23-22-16(24(18)20)11-26-15-9-5-13(6-10-15)19(2,3)4/h5-6,9-10,12,14H,7-8,11,20H2,1-4H3,(H,21,25)/t12-/m1/s1. The highest BCUT2D eigenvalue weighted by Crippen LogP contribution is 2.26. The van der Waals surface area contributed by atoms with Gasteiger partial charge in [-0.2, -0.15) is 0 Å². The Morgan fingerprint density at radius 1 is 1.33 bits per heavy atom. The summed E-state index contributed by atoms with van der Waals surface area (Å²) >= 11 is 1.29. The minimum Gasteiger partial charge on any atom is -0.486 e. The molecule has 1 aliphatic carbocycles. The molecule has 0 radical (unpaired) electrons. The highest BCUT2D eigenvalue weighted by atomic mass is 32.2. The lowest BCUT2D eigenvalue weighted by atomic mass is 9.87. The quantitative estimate of drug-likeness (QED) is 0.558. The van der Waals surface area contributed by atoms with Crippen LogP contribution in [-0.2, 0) is 16.8 Å². The molecule has 0 spiro atoms. The molecule has 3 N–H and O–H groups in total. The van der Waals surface area contributed by atoms with E-state index in [0.29, 0.717) is 17.0 Å². The van der Waals surface area contributed by atoms with Gasteiger partial charge in [-0.1, -0.05) is 44.7 Å². The molecule has 7 nitrogen and oxygen atoms in total. The molecule has 1 aromatic carbocycles. The molecule has 8 heteroatoms. The Kier molecular flexibility index (Phi) is 5.64. The van der Waals surface area contributed by atoms with Crippen LogP contribution in [0.2, 0.25) is 0 Å². The summed E-state index contributed by atoms with van der Waals surface area (Å²) < 4.78 is 7.16. The van der Waals surface area contributed by atoms with Gasteiger partial charge in [0.05, 0.1) is 5.25 Å². The minimum absolute atomic E-state index is 0.00207. The van der Waals surface area contributed by atoms with E-state index in [1.807, 2.05) is 19.1 Å². The van der Waals surface area contributed by atoms with E-state index in [9.17, 15) is 4.79 Å². The molecule has 0 unspecified atom stereocenters. The number of hydrogen-bond acceptors (Lipinski definition) is 6. The first kappa shape index (κ1) is 19.5. The number of ether oxygens (including phenoxy) is 1. The Hall–Kier alpha value is -2.22. The Bertz CT molecular complexity index is 793. The van der Waals surface area contributed by atoms with Crippen LogP contribution in [0.25, 0.3) is 0 Å². The van der Waals surface area contributed by atoms with Gasteiger partial charge in [-0.3, -0.25) is 4.79 Å². The number of carbonyl (C=O) groups excluding carboxylic acids is 1. The number of thioether (sulfide) groups is 1. The maximum atomic E-state index is 12.1. The second-order valence-corrected chi connectivity index (χ2v) is 9.18. The lowest BCUT2D eigenvalue weighted by molar-refractivity contribution is -0.120. The first-order valence-electron chi connectivity index (χ1n) is 9.14. The van der Waals surface area contributed by atoms with Crippen LogP contribution in [0.1, 0.15) is 51.9 Å². The van der Waals surface area contributed by atoms with Crippen molar-refractivity contribution in [1.82, 2.24) is 20.2 Å². The van der Waals surface area contributed by atoms with Crippen molar-refractivity contribution in [3.8, 4) is 5.75 Å². The number of nitrogens with one attached hydrogen (secondary N) is 1. The summed E-state index contributed by atoms with van der Waals surface area (Å²) in [6.07, 6.45) is 2.13. The fraction of sp³-hybridized carbons (Fsp3) is 0.526. The number of benzene rings is 1. The summed E-state index contributed by atoms with van der Waals surface area (Å²) in [7, 11) is 0. The van der Waals surface area contributed by atoms with Gasteiger partial charge in [-0.15, -0.1) is 10.2 Å². The van der Waals surface area contributed by atoms with Gasteiger partial charge in [0.2, 0.25) is 11.1 Å². The van der Waals surface area contributed by atoms with Crippen LogP contribution in [-0.4, -0.2) is 32.1 Å². The first-order valence-corrected chi connectivity index (χ1v) is 10.0. The molecule has 146 valence electrons. The van der Waals surface area contributed by atoms with Gasteiger partial charge in [0, 0.05) is 6.04 Å². The Labute approximate surface area is 164 Å². The van der Waals surface area contributed by atoms with E-state index >= 15 is 0 Å². The van der Waals surface area contributed by atoms with Crippen molar-refractivity contribution >= 4 is 17.7 Å². The largest absolute Gasteiger partial charge is 0.486 e. The van der Waals surface area contributed by atoms with Gasteiger partial charge in [-0.25, -0.2) is 4.68 Å². The molecule has 1 fully saturated rings. The number of rotatable bonds is 7. The van der Waals surface area contributed by atoms with E-state index in [4.69, 9.17) is 10.6 Å². The molecular weight excluding hydrogens is 362 g/mol. The summed E-state index contributed by atoms with van der Waals surface area (Å²) in [5.41, 5.74) is 1.35. The zero-order chi connectivity index (χ0) is 19.6. The van der Waals surface area contributed by atoms with Crippen LogP contribution in [0.5, 0.6) is 5.75 Å². The number of nitrogens with zero attached hydrogens (tertiary/aromatic N) is 3. The molecular formula is C19H27N5O2S. The Morgan fingerprint density at radius 3 is 2.59 bits per heavy atom. The fourth-order valence-corrected chi connectivity index (χ4v) is 3.24. The summed E-state index contributed by atoms with van der Waals surface area (Å²) in [6.45, 7) is 8.56. The number of amides is 1. The topological polar surface area (TPSA) is 95.1 Å². The van der Waals surface area contributed by atoms with Crippen molar-refractivity contribution in [3.05, 3.63) is 35.7 Å². The molecule has 1 aliphatic rings. The van der Waals surface area contributed by atoms with E-state index in [1.54, 1.807) is 0 Å². The molecule has 1 aromatic heterocycles. The van der Waals surface area contributed by atoms with Gasteiger partial charge in [0.25, 0.3) is 0 Å². The summed E-state index contributed by atoms with van der Waals surface area (Å²) in [4.78, 5) is 12.1. The molecule has 1 saturated carbocycles.